The van der Waals surface area contributed by atoms with Crippen molar-refractivity contribution in [3.63, 3.8) is 0 Å². The fourth-order valence-electron chi connectivity index (χ4n) is 1.63. The third-order valence-electron chi connectivity index (χ3n) is 2.64. The molecule has 0 aliphatic heterocycles. The molecule has 0 N–H and O–H groups in total. The summed E-state index contributed by atoms with van der Waals surface area (Å²) in [6.45, 7) is 1.48. The molecule has 1 aromatic heterocycles. The second-order valence-electron chi connectivity index (χ2n) is 4.19. The Morgan fingerprint density at radius 2 is 2.00 bits per heavy atom. The number of rotatable bonds is 3. The van der Waals surface area contributed by atoms with Crippen molar-refractivity contribution in [2.24, 2.45) is 0 Å². The van der Waals surface area contributed by atoms with Crippen LogP contribution in [0.5, 0.6) is 11.6 Å². The zero-order chi connectivity index (χ0) is 15.6. The number of alkyl halides is 3. The van der Waals surface area contributed by atoms with Crippen LogP contribution >= 0.6 is 0 Å². The Morgan fingerprint density at radius 3 is 2.57 bits per heavy atom. The number of halogens is 3. The first-order valence-electron chi connectivity index (χ1n) is 5.73. The third-order valence-corrected chi connectivity index (χ3v) is 2.64. The van der Waals surface area contributed by atoms with Crippen LogP contribution < -0.4 is 4.74 Å². The molecule has 5 nitrogen and oxygen atoms in total. The van der Waals surface area contributed by atoms with E-state index in [9.17, 15) is 23.3 Å². The molecule has 1 heterocycles. The molecule has 2 rings (SSSR count). The Morgan fingerprint density at radius 1 is 1.29 bits per heavy atom. The van der Waals surface area contributed by atoms with Crippen LogP contribution in [0, 0.1) is 17.0 Å². The van der Waals surface area contributed by atoms with Gasteiger partial charge >= 0.3 is 6.18 Å². The molecule has 1 aromatic carbocycles. The smallest absolute Gasteiger partial charge is 0.416 e. The SMILES string of the molecule is Cc1cc(Oc2cccc(C(F)(F)F)c2)ncc1[N+](=O)[O-]. The van der Waals surface area contributed by atoms with E-state index in [0.29, 0.717) is 5.56 Å². The van der Waals surface area contributed by atoms with Gasteiger partial charge in [-0.3, -0.25) is 10.1 Å². The normalized spacial score (nSPS) is 11.2. The third kappa shape index (κ3) is 3.47. The van der Waals surface area contributed by atoms with Crippen molar-refractivity contribution >= 4 is 5.69 Å². The molecule has 0 bridgehead atoms. The number of hydrogen-bond acceptors (Lipinski definition) is 4. The van der Waals surface area contributed by atoms with E-state index in [-0.39, 0.29) is 17.3 Å². The number of aromatic nitrogens is 1. The van der Waals surface area contributed by atoms with Gasteiger partial charge in [0.2, 0.25) is 5.88 Å². The lowest BCUT2D eigenvalue weighted by molar-refractivity contribution is -0.385. The number of benzene rings is 1. The number of pyridine rings is 1. The molecule has 0 atom stereocenters. The largest absolute Gasteiger partial charge is 0.439 e. The van der Waals surface area contributed by atoms with E-state index in [2.05, 4.69) is 4.98 Å². The van der Waals surface area contributed by atoms with Crippen LogP contribution in [0.3, 0.4) is 0 Å². The minimum absolute atomic E-state index is 0.0163. The lowest BCUT2D eigenvalue weighted by atomic mass is 10.2. The minimum Gasteiger partial charge on any atom is -0.439 e. The fourth-order valence-corrected chi connectivity index (χ4v) is 1.63. The molecule has 110 valence electrons. The van der Waals surface area contributed by atoms with Crippen molar-refractivity contribution in [3.05, 3.63) is 57.8 Å². The predicted octanol–water partition coefficient (Wildman–Crippen LogP) is 4.11. The first kappa shape index (κ1) is 14.8. The van der Waals surface area contributed by atoms with Crippen molar-refractivity contribution in [2.75, 3.05) is 0 Å². The molecule has 0 amide bonds. The fraction of sp³-hybridized carbons (Fsp3) is 0.154. The summed E-state index contributed by atoms with van der Waals surface area (Å²) in [5.41, 5.74) is -0.734. The molecule has 0 aliphatic rings. The average molecular weight is 298 g/mol. The van der Waals surface area contributed by atoms with Crippen LogP contribution in [0.1, 0.15) is 11.1 Å². The molecular formula is C13H9F3N2O3. The van der Waals surface area contributed by atoms with E-state index in [4.69, 9.17) is 4.74 Å². The molecule has 0 fully saturated rings. The zero-order valence-corrected chi connectivity index (χ0v) is 10.7. The number of nitro groups is 1. The zero-order valence-electron chi connectivity index (χ0n) is 10.7. The summed E-state index contributed by atoms with van der Waals surface area (Å²) in [5.74, 6) is -0.0667. The summed E-state index contributed by atoms with van der Waals surface area (Å²) < 4.78 is 42.9. The second kappa shape index (κ2) is 5.39. The standard InChI is InChI=1S/C13H9F3N2O3/c1-8-5-12(17-7-11(8)18(19)20)21-10-4-2-3-9(6-10)13(14,15)16/h2-7H,1H3. The Labute approximate surface area is 117 Å². The lowest BCUT2D eigenvalue weighted by Gasteiger charge is -2.09. The summed E-state index contributed by atoms with van der Waals surface area (Å²) in [7, 11) is 0. The van der Waals surface area contributed by atoms with Gasteiger partial charge < -0.3 is 4.74 Å². The maximum Gasteiger partial charge on any atom is 0.416 e. The molecular weight excluding hydrogens is 289 g/mol. The van der Waals surface area contributed by atoms with Crippen LogP contribution in [0.15, 0.2) is 36.5 Å². The van der Waals surface area contributed by atoms with Gasteiger partial charge in [0.15, 0.2) is 0 Å². The highest BCUT2D eigenvalue weighted by molar-refractivity contribution is 5.41. The van der Waals surface area contributed by atoms with E-state index in [1.807, 2.05) is 0 Å². The topological polar surface area (TPSA) is 65.3 Å². The molecule has 21 heavy (non-hydrogen) atoms. The molecule has 0 saturated carbocycles. The molecule has 0 unspecified atom stereocenters. The minimum atomic E-state index is -4.47. The van der Waals surface area contributed by atoms with E-state index in [1.54, 1.807) is 0 Å². The quantitative estimate of drug-likeness (QED) is 0.632. The lowest BCUT2D eigenvalue weighted by Crippen LogP contribution is -2.04. The van der Waals surface area contributed by atoms with Crippen LogP contribution in [0.4, 0.5) is 18.9 Å². The van der Waals surface area contributed by atoms with Crippen molar-refractivity contribution in [3.8, 4) is 11.6 Å². The summed E-state index contributed by atoms with van der Waals surface area (Å²) >= 11 is 0. The van der Waals surface area contributed by atoms with Crippen LogP contribution in [-0.4, -0.2) is 9.91 Å². The summed E-state index contributed by atoms with van der Waals surface area (Å²) in [6, 6.07) is 5.59. The summed E-state index contributed by atoms with van der Waals surface area (Å²) in [5, 5.41) is 10.6. The Hall–Kier alpha value is -2.64. The average Bonchev–Trinajstić information content (AvgIpc) is 2.37. The van der Waals surface area contributed by atoms with Crippen molar-refractivity contribution in [1.29, 1.82) is 0 Å². The van der Waals surface area contributed by atoms with E-state index >= 15 is 0 Å². The predicted molar refractivity (Wildman–Crippen MR) is 67.1 cm³/mol. The first-order valence-corrected chi connectivity index (χ1v) is 5.73. The monoisotopic (exact) mass is 298 g/mol. The number of aryl methyl sites for hydroxylation is 1. The Kier molecular flexibility index (Phi) is 3.79. The molecule has 0 radical (unpaired) electrons. The van der Waals surface area contributed by atoms with Gasteiger partial charge in [0, 0.05) is 11.6 Å². The van der Waals surface area contributed by atoms with Crippen LogP contribution in [-0.2, 0) is 6.18 Å². The highest BCUT2D eigenvalue weighted by atomic mass is 19.4. The maximum atomic E-state index is 12.6. The highest BCUT2D eigenvalue weighted by Gasteiger charge is 2.30. The molecule has 0 aliphatic carbocycles. The first-order chi connectivity index (χ1) is 9.77. The van der Waals surface area contributed by atoms with Crippen molar-refractivity contribution in [2.45, 2.75) is 13.1 Å². The van der Waals surface area contributed by atoms with Gasteiger partial charge in [-0.05, 0) is 25.1 Å². The summed E-state index contributed by atoms with van der Waals surface area (Å²) in [6.07, 6.45) is -3.48. The van der Waals surface area contributed by atoms with E-state index in [1.165, 1.54) is 25.1 Å². The van der Waals surface area contributed by atoms with Gasteiger partial charge in [-0.15, -0.1) is 0 Å². The van der Waals surface area contributed by atoms with Crippen molar-refractivity contribution < 1.29 is 22.8 Å². The number of ether oxygens (including phenoxy) is 1. The Bertz CT molecular complexity index is 687. The van der Waals surface area contributed by atoms with Gasteiger partial charge in [0.25, 0.3) is 5.69 Å². The summed E-state index contributed by atoms with van der Waals surface area (Å²) in [4.78, 5) is 13.7. The van der Waals surface area contributed by atoms with E-state index < -0.39 is 16.7 Å². The molecule has 0 spiro atoms. The van der Waals surface area contributed by atoms with E-state index in [0.717, 1.165) is 18.3 Å². The van der Waals surface area contributed by atoms with Gasteiger partial charge in [0.1, 0.15) is 11.9 Å². The van der Waals surface area contributed by atoms with Gasteiger partial charge in [-0.2, -0.15) is 13.2 Å². The van der Waals surface area contributed by atoms with Gasteiger partial charge in [-0.1, -0.05) is 6.07 Å². The maximum absolute atomic E-state index is 12.6. The number of hydrogen-bond donors (Lipinski definition) is 0. The Balaban J connectivity index is 2.27. The molecule has 8 heteroatoms. The number of nitrogens with zero attached hydrogens (tertiary/aromatic N) is 2. The highest BCUT2D eigenvalue weighted by Crippen LogP contribution is 2.32. The molecule has 2 aromatic rings. The van der Waals surface area contributed by atoms with Crippen LogP contribution in [0.2, 0.25) is 0 Å². The van der Waals surface area contributed by atoms with Crippen molar-refractivity contribution in [1.82, 2.24) is 4.98 Å². The second-order valence-corrected chi connectivity index (χ2v) is 4.19. The van der Waals surface area contributed by atoms with Gasteiger partial charge in [0.05, 0.1) is 10.5 Å². The molecule has 0 saturated heterocycles. The van der Waals surface area contributed by atoms with Gasteiger partial charge in [-0.25, -0.2) is 4.98 Å². The van der Waals surface area contributed by atoms with Crippen LogP contribution in [0.25, 0.3) is 0 Å².